The molecule has 2 aliphatic rings. The largest absolute Gasteiger partial charge is 0.368 e. The summed E-state index contributed by atoms with van der Waals surface area (Å²) >= 11 is 0. The van der Waals surface area contributed by atoms with Crippen LogP contribution in [0.25, 0.3) is 0 Å². The Kier molecular flexibility index (Phi) is 6.71. The normalized spacial score (nSPS) is 31.1. The maximum Gasteiger partial charge on any atom is 0.291 e. The molecule has 0 aromatic heterocycles. The molecule has 1 unspecified atom stereocenters. The van der Waals surface area contributed by atoms with E-state index in [0.717, 1.165) is 11.1 Å². The summed E-state index contributed by atoms with van der Waals surface area (Å²) in [5.74, 6) is 0. The first-order valence-corrected chi connectivity index (χ1v) is 10.1. The SMILES string of the molecule is CCO[C@H]1[C@@H]2OC(c3ccccc3)OC[C@H]2O[C@@H](OCc2ccccc2)[C@@H]1[N+](=O)[O-]. The highest BCUT2D eigenvalue weighted by Crippen LogP contribution is 2.36. The summed E-state index contributed by atoms with van der Waals surface area (Å²) in [4.78, 5) is 11.6. The van der Waals surface area contributed by atoms with Crippen LogP contribution in [-0.4, -0.2) is 48.8 Å². The molecule has 0 spiro atoms. The molecule has 2 saturated heterocycles. The predicted molar refractivity (Wildman–Crippen MR) is 106 cm³/mol. The van der Waals surface area contributed by atoms with Crippen molar-refractivity contribution in [2.75, 3.05) is 13.2 Å². The third kappa shape index (κ3) is 4.53. The van der Waals surface area contributed by atoms with E-state index in [0.29, 0.717) is 6.61 Å². The van der Waals surface area contributed by atoms with Gasteiger partial charge in [-0.3, -0.25) is 10.1 Å². The van der Waals surface area contributed by atoms with E-state index in [1.807, 2.05) is 60.7 Å². The van der Waals surface area contributed by atoms with E-state index in [-0.39, 0.29) is 13.2 Å². The Bertz CT molecular complexity index is 819. The average Bonchev–Trinajstić information content (AvgIpc) is 2.78. The maximum atomic E-state index is 12.0. The highest BCUT2D eigenvalue weighted by atomic mass is 16.8. The molecule has 0 radical (unpaired) electrons. The van der Waals surface area contributed by atoms with Crippen LogP contribution >= 0.6 is 0 Å². The Morgan fingerprint density at radius 2 is 1.73 bits per heavy atom. The Hall–Kier alpha value is -2.36. The van der Waals surface area contributed by atoms with Gasteiger partial charge < -0.3 is 23.7 Å². The van der Waals surface area contributed by atoms with Crippen LogP contribution in [0.5, 0.6) is 0 Å². The van der Waals surface area contributed by atoms with Gasteiger partial charge >= 0.3 is 0 Å². The van der Waals surface area contributed by atoms with Gasteiger partial charge in [-0.15, -0.1) is 0 Å². The van der Waals surface area contributed by atoms with Gasteiger partial charge in [0.1, 0.15) is 12.2 Å². The van der Waals surface area contributed by atoms with E-state index in [9.17, 15) is 10.1 Å². The zero-order valence-electron chi connectivity index (χ0n) is 16.7. The number of nitrogens with zero attached hydrogens (tertiary/aromatic N) is 1. The van der Waals surface area contributed by atoms with Gasteiger partial charge in [0.2, 0.25) is 6.29 Å². The molecule has 0 bridgehead atoms. The number of nitro groups is 1. The molecule has 30 heavy (non-hydrogen) atoms. The van der Waals surface area contributed by atoms with Crippen LogP contribution < -0.4 is 0 Å². The summed E-state index contributed by atoms with van der Waals surface area (Å²) in [5, 5.41) is 12.0. The zero-order chi connectivity index (χ0) is 20.9. The number of rotatable bonds is 7. The lowest BCUT2D eigenvalue weighted by molar-refractivity contribution is -0.580. The van der Waals surface area contributed by atoms with E-state index in [1.165, 1.54) is 0 Å². The number of ether oxygens (including phenoxy) is 5. The minimum absolute atomic E-state index is 0.195. The smallest absolute Gasteiger partial charge is 0.291 e. The van der Waals surface area contributed by atoms with Crippen molar-refractivity contribution in [3.8, 4) is 0 Å². The minimum atomic E-state index is -1.22. The fourth-order valence-electron chi connectivity index (χ4n) is 3.84. The third-order valence-corrected chi connectivity index (χ3v) is 5.24. The van der Waals surface area contributed by atoms with Crippen LogP contribution in [0.15, 0.2) is 60.7 Å². The van der Waals surface area contributed by atoms with Crippen molar-refractivity contribution in [2.45, 2.75) is 50.5 Å². The number of fused-ring (bicyclic) bond motifs is 1. The summed E-state index contributed by atoms with van der Waals surface area (Å²) < 4.78 is 29.5. The molecule has 160 valence electrons. The van der Waals surface area contributed by atoms with E-state index < -0.39 is 41.9 Å². The lowest BCUT2D eigenvalue weighted by atomic mass is 9.95. The molecule has 2 aromatic carbocycles. The Morgan fingerprint density at radius 1 is 1.03 bits per heavy atom. The molecule has 2 aromatic rings. The molecular weight excluding hydrogens is 390 g/mol. The molecule has 2 fully saturated rings. The van der Waals surface area contributed by atoms with Crippen LogP contribution in [0, 0.1) is 10.1 Å². The second-order valence-electron chi connectivity index (χ2n) is 7.21. The molecule has 0 saturated carbocycles. The molecule has 2 aliphatic heterocycles. The molecular formula is C22H25NO7. The van der Waals surface area contributed by atoms with Crippen LogP contribution in [0.4, 0.5) is 0 Å². The van der Waals surface area contributed by atoms with E-state index in [4.69, 9.17) is 23.7 Å². The zero-order valence-corrected chi connectivity index (χ0v) is 16.7. The van der Waals surface area contributed by atoms with E-state index in [1.54, 1.807) is 6.92 Å². The summed E-state index contributed by atoms with van der Waals surface area (Å²) in [6, 6.07) is 17.7. The van der Waals surface area contributed by atoms with E-state index in [2.05, 4.69) is 0 Å². The lowest BCUT2D eigenvalue weighted by Gasteiger charge is -2.46. The van der Waals surface area contributed by atoms with Gasteiger partial charge in [0, 0.05) is 17.1 Å². The minimum Gasteiger partial charge on any atom is -0.368 e. The monoisotopic (exact) mass is 415 g/mol. The van der Waals surface area contributed by atoms with Crippen LogP contribution in [-0.2, 0) is 30.3 Å². The molecule has 8 heteroatoms. The molecule has 0 amide bonds. The number of hydrogen-bond acceptors (Lipinski definition) is 7. The highest BCUT2D eigenvalue weighted by Gasteiger charge is 2.56. The predicted octanol–water partition coefficient (Wildman–Crippen LogP) is 3.09. The van der Waals surface area contributed by atoms with Crippen molar-refractivity contribution in [1.29, 1.82) is 0 Å². The summed E-state index contributed by atoms with van der Waals surface area (Å²) in [5.41, 5.74) is 1.74. The first-order valence-electron chi connectivity index (χ1n) is 10.1. The number of hydrogen-bond donors (Lipinski definition) is 0. The van der Waals surface area contributed by atoms with Gasteiger partial charge in [-0.1, -0.05) is 60.7 Å². The molecule has 8 nitrogen and oxygen atoms in total. The van der Waals surface area contributed by atoms with Crippen LogP contribution in [0.1, 0.15) is 24.3 Å². The molecule has 2 heterocycles. The van der Waals surface area contributed by atoms with Crippen molar-refractivity contribution in [2.24, 2.45) is 0 Å². The van der Waals surface area contributed by atoms with Gasteiger partial charge in [0.25, 0.3) is 6.04 Å². The van der Waals surface area contributed by atoms with Crippen molar-refractivity contribution in [1.82, 2.24) is 0 Å². The van der Waals surface area contributed by atoms with Crippen molar-refractivity contribution in [3.05, 3.63) is 81.9 Å². The van der Waals surface area contributed by atoms with Crippen LogP contribution in [0.3, 0.4) is 0 Å². The quantitative estimate of drug-likeness (QED) is 0.507. The Balaban J connectivity index is 1.53. The molecule has 0 N–H and O–H groups in total. The topological polar surface area (TPSA) is 89.3 Å². The Morgan fingerprint density at radius 3 is 2.40 bits per heavy atom. The van der Waals surface area contributed by atoms with Gasteiger partial charge in [0.15, 0.2) is 12.4 Å². The van der Waals surface area contributed by atoms with Gasteiger partial charge in [-0.05, 0) is 12.5 Å². The molecule has 6 atom stereocenters. The van der Waals surface area contributed by atoms with Crippen molar-refractivity contribution in [3.63, 3.8) is 0 Å². The van der Waals surface area contributed by atoms with Crippen molar-refractivity contribution < 1.29 is 28.6 Å². The van der Waals surface area contributed by atoms with Gasteiger partial charge in [-0.2, -0.15) is 0 Å². The molecule has 4 rings (SSSR count). The first-order chi connectivity index (χ1) is 14.7. The van der Waals surface area contributed by atoms with E-state index >= 15 is 0 Å². The first kappa shape index (κ1) is 20.9. The maximum absolute atomic E-state index is 12.0. The average molecular weight is 415 g/mol. The third-order valence-electron chi connectivity index (χ3n) is 5.24. The van der Waals surface area contributed by atoms with Gasteiger partial charge in [0.05, 0.1) is 13.2 Å². The number of benzene rings is 2. The summed E-state index contributed by atoms with van der Waals surface area (Å²) in [6.45, 7) is 2.53. The second-order valence-corrected chi connectivity index (χ2v) is 7.21. The molecule has 0 aliphatic carbocycles. The summed E-state index contributed by atoms with van der Waals surface area (Å²) in [7, 11) is 0. The van der Waals surface area contributed by atoms with Crippen LogP contribution in [0.2, 0.25) is 0 Å². The highest BCUT2D eigenvalue weighted by molar-refractivity contribution is 5.17. The fraction of sp³-hybridized carbons (Fsp3) is 0.455. The van der Waals surface area contributed by atoms with Crippen molar-refractivity contribution >= 4 is 0 Å². The second kappa shape index (κ2) is 9.63. The van der Waals surface area contributed by atoms with Gasteiger partial charge in [-0.25, -0.2) is 0 Å². The fourth-order valence-corrected chi connectivity index (χ4v) is 3.84. The standard InChI is InChI=1S/C22H25NO7/c1-2-26-20-18(23(24)25)22(27-13-15-9-5-3-6-10-15)29-17-14-28-21(30-19(17)20)16-11-7-4-8-12-16/h3-12,17-22H,2,13-14H2,1H3/t17-,18-,19-,20-,21?,22-/m1/s1. The summed E-state index contributed by atoms with van der Waals surface area (Å²) in [6.07, 6.45) is -3.69. The lowest BCUT2D eigenvalue weighted by Crippen LogP contribution is -2.65. The Labute approximate surface area is 174 Å².